The van der Waals surface area contributed by atoms with E-state index < -0.39 is 5.91 Å². The zero-order chi connectivity index (χ0) is 13.4. The molecule has 0 spiro atoms. The predicted molar refractivity (Wildman–Crippen MR) is 63.1 cm³/mol. The number of hydrogen-bond acceptors (Lipinski definition) is 5. The Morgan fingerprint density at radius 3 is 2.63 bits per heavy atom. The van der Waals surface area contributed by atoms with Crippen LogP contribution in [0.4, 0.5) is 0 Å². The lowest BCUT2D eigenvalue weighted by Crippen LogP contribution is -2.45. The van der Waals surface area contributed by atoms with E-state index in [2.05, 4.69) is 5.32 Å². The average Bonchev–Trinajstić information content (AvgIpc) is 3.03. The predicted octanol–water partition coefficient (Wildman–Crippen LogP) is -1.45. The number of carbonyl (C=O) groups is 2. The van der Waals surface area contributed by atoms with Gasteiger partial charge in [0.2, 0.25) is 11.8 Å². The lowest BCUT2D eigenvalue weighted by molar-refractivity contribution is -0.127. The maximum atomic E-state index is 11.7. The second-order valence-electron chi connectivity index (χ2n) is 5.30. The van der Waals surface area contributed by atoms with E-state index >= 15 is 0 Å². The highest BCUT2D eigenvalue weighted by Gasteiger charge is 2.49. The third-order valence-corrected chi connectivity index (χ3v) is 3.72. The van der Waals surface area contributed by atoms with Crippen LogP contribution >= 0.6 is 0 Å². The van der Waals surface area contributed by atoms with Crippen molar-refractivity contribution < 1.29 is 23.8 Å². The molecule has 19 heavy (non-hydrogen) atoms. The molecule has 106 valence electrons. The Hall–Kier alpha value is -1.18. The quantitative estimate of drug-likeness (QED) is 0.636. The molecule has 0 aromatic rings. The Kier molecular flexibility index (Phi) is 3.42. The molecule has 0 aromatic heterocycles. The summed E-state index contributed by atoms with van der Waals surface area (Å²) in [5.41, 5.74) is 5.04. The molecule has 7 nitrogen and oxygen atoms in total. The molecule has 2 amide bonds. The molecule has 1 saturated carbocycles. The van der Waals surface area contributed by atoms with Crippen LogP contribution in [0, 0.1) is 5.92 Å². The molecule has 4 atom stereocenters. The lowest BCUT2D eigenvalue weighted by Gasteiger charge is -2.17. The van der Waals surface area contributed by atoms with Crippen LogP contribution in [0.2, 0.25) is 0 Å². The van der Waals surface area contributed by atoms with Crippen molar-refractivity contribution in [3.63, 3.8) is 0 Å². The number of amides is 2. The minimum absolute atomic E-state index is 0.0827. The fourth-order valence-corrected chi connectivity index (χ4v) is 2.57. The summed E-state index contributed by atoms with van der Waals surface area (Å²) in [4.78, 5) is 22.4. The van der Waals surface area contributed by atoms with Gasteiger partial charge in [0.1, 0.15) is 24.9 Å². The number of rotatable bonds is 5. The Morgan fingerprint density at radius 1 is 1.21 bits per heavy atom. The van der Waals surface area contributed by atoms with Crippen molar-refractivity contribution >= 4 is 11.8 Å². The van der Waals surface area contributed by atoms with Crippen LogP contribution < -0.4 is 11.1 Å². The van der Waals surface area contributed by atoms with Crippen LogP contribution in [0.1, 0.15) is 12.8 Å². The van der Waals surface area contributed by atoms with Gasteiger partial charge in [0.15, 0.2) is 0 Å². The minimum Gasteiger partial charge on any atom is -0.370 e. The molecule has 2 heterocycles. The fourth-order valence-electron chi connectivity index (χ4n) is 2.57. The first-order valence-corrected chi connectivity index (χ1v) is 6.58. The van der Waals surface area contributed by atoms with Crippen LogP contribution in [0.5, 0.6) is 0 Å². The van der Waals surface area contributed by atoms with Gasteiger partial charge in [-0.25, -0.2) is 0 Å². The summed E-state index contributed by atoms with van der Waals surface area (Å²) in [5, 5.41) is 2.96. The van der Waals surface area contributed by atoms with Gasteiger partial charge in [-0.05, 0) is 12.8 Å². The Morgan fingerprint density at radius 2 is 1.95 bits per heavy atom. The van der Waals surface area contributed by atoms with Crippen molar-refractivity contribution in [3.05, 3.63) is 0 Å². The molecule has 4 unspecified atom stereocenters. The van der Waals surface area contributed by atoms with Crippen molar-refractivity contribution in [1.29, 1.82) is 0 Å². The molecule has 2 saturated heterocycles. The number of nitrogens with two attached hydrogens (primary N) is 1. The molecule has 7 heteroatoms. The minimum atomic E-state index is -0.514. The summed E-state index contributed by atoms with van der Waals surface area (Å²) in [6, 6.07) is -0.125. The summed E-state index contributed by atoms with van der Waals surface area (Å²) >= 11 is 0. The van der Waals surface area contributed by atoms with Crippen LogP contribution in [0.3, 0.4) is 0 Å². The Bertz CT molecular complexity index is 384. The standard InChI is InChI=1S/C12H18N2O5/c13-9(15)5-17-8-4-19-10-7(3-18-11(8)10)14-12(16)6-1-2-6/h6-8,10-11H,1-5H2,(H2,13,15)(H,14,16). The van der Waals surface area contributed by atoms with E-state index in [1.54, 1.807) is 0 Å². The number of nitrogens with one attached hydrogen (secondary N) is 1. The molecular weight excluding hydrogens is 252 g/mol. The van der Waals surface area contributed by atoms with E-state index in [0.29, 0.717) is 13.2 Å². The second kappa shape index (κ2) is 5.07. The maximum absolute atomic E-state index is 11.7. The van der Waals surface area contributed by atoms with Gasteiger partial charge < -0.3 is 25.3 Å². The number of carbonyl (C=O) groups excluding carboxylic acids is 2. The number of hydrogen-bond donors (Lipinski definition) is 2. The first-order chi connectivity index (χ1) is 9.15. The summed E-state index contributed by atoms with van der Waals surface area (Å²) in [6.07, 6.45) is 1.22. The molecule has 0 bridgehead atoms. The molecule has 1 aliphatic carbocycles. The molecule has 0 aromatic carbocycles. The van der Waals surface area contributed by atoms with Crippen LogP contribution in [0.25, 0.3) is 0 Å². The summed E-state index contributed by atoms with van der Waals surface area (Å²) in [7, 11) is 0. The van der Waals surface area contributed by atoms with Crippen molar-refractivity contribution in [1.82, 2.24) is 5.32 Å². The molecule has 3 fully saturated rings. The SMILES string of the molecule is NC(=O)COC1COC2C(NC(=O)C3CC3)COC12. The van der Waals surface area contributed by atoms with E-state index in [9.17, 15) is 9.59 Å². The van der Waals surface area contributed by atoms with Crippen LogP contribution in [0.15, 0.2) is 0 Å². The Balaban J connectivity index is 1.52. The molecule has 2 aliphatic heterocycles. The highest BCUT2D eigenvalue weighted by Crippen LogP contribution is 2.32. The van der Waals surface area contributed by atoms with E-state index in [0.717, 1.165) is 12.8 Å². The molecule has 3 rings (SSSR count). The third kappa shape index (κ3) is 2.72. The highest BCUT2D eigenvalue weighted by molar-refractivity contribution is 5.81. The van der Waals surface area contributed by atoms with E-state index in [4.69, 9.17) is 19.9 Å². The topological polar surface area (TPSA) is 99.9 Å². The van der Waals surface area contributed by atoms with Gasteiger partial charge in [0.05, 0.1) is 19.3 Å². The van der Waals surface area contributed by atoms with Crippen LogP contribution in [-0.2, 0) is 23.8 Å². The summed E-state index contributed by atoms with van der Waals surface area (Å²) < 4.78 is 16.6. The molecule has 0 radical (unpaired) electrons. The molecule has 3 N–H and O–H groups in total. The third-order valence-electron chi connectivity index (χ3n) is 3.72. The molecular formula is C12H18N2O5. The van der Waals surface area contributed by atoms with E-state index in [-0.39, 0.29) is 42.8 Å². The van der Waals surface area contributed by atoms with Gasteiger partial charge in [0.25, 0.3) is 0 Å². The van der Waals surface area contributed by atoms with Gasteiger partial charge in [-0.3, -0.25) is 9.59 Å². The normalized spacial score (nSPS) is 37.1. The zero-order valence-electron chi connectivity index (χ0n) is 10.5. The summed E-state index contributed by atoms with van der Waals surface area (Å²) in [5.74, 6) is -0.262. The average molecular weight is 270 g/mol. The second-order valence-corrected chi connectivity index (χ2v) is 5.30. The monoisotopic (exact) mass is 270 g/mol. The van der Waals surface area contributed by atoms with Crippen LogP contribution in [-0.4, -0.2) is 56.0 Å². The number of primary amides is 1. The first kappa shape index (κ1) is 12.8. The number of fused-ring (bicyclic) bond motifs is 1. The zero-order valence-corrected chi connectivity index (χ0v) is 10.5. The van der Waals surface area contributed by atoms with Gasteiger partial charge in [-0.2, -0.15) is 0 Å². The van der Waals surface area contributed by atoms with Crippen molar-refractivity contribution in [2.24, 2.45) is 11.7 Å². The van der Waals surface area contributed by atoms with Crippen molar-refractivity contribution in [2.45, 2.75) is 37.2 Å². The Labute approximate surface area is 110 Å². The smallest absolute Gasteiger partial charge is 0.243 e. The van der Waals surface area contributed by atoms with E-state index in [1.807, 2.05) is 0 Å². The van der Waals surface area contributed by atoms with Gasteiger partial charge in [-0.15, -0.1) is 0 Å². The van der Waals surface area contributed by atoms with Gasteiger partial charge in [0, 0.05) is 5.92 Å². The largest absolute Gasteiger partial charge is 0.370 e. The maximum Gasteiger partial charge on any atom is 0.243 e. The van der Waals surface area contributed by atoms with Gasteiger partial charge in [-0.1, -0.05) is 0 Å². The first-order valence-electron chi connectivity index (χ1n) is 6.58. The fraction of sp³-hybridized carbons (Fsp3) is 0.833. The molecule has 3 aliphatic rings. The van der Waals surface area contributed by atoms with E-state index in [1.165, 1.54) is 0 Å². The number of ether oxygens (including phenoxy) is 3. The van der Waals surface area contributed by atoms with Gasteiger partial charge >= 0.3 is 0 Å². The highest BCUT2D eigenvalue weighted by atomic mass is 16.6. The lowest BCUT2D eigenvalue weighted by atomic mass is 10.1. The summed E-state index contributed by atoms with van der Waals surface area (Å²) in [6.45, 7) is 0.641. The van der Waals surface area contributed by atoms with Crippen molar-refractivity contribution in [2.75, 3.05) is 19.8 Å². The van der Waals surface area contributed by atoms with Crippen molar-refractivity contribution in [3.8, 4) is 0 Å².